The Morgan fingerprint density at radius 3 is 2.56 bits per heavy atom. The van der Waals surface area contributed by atoms with Gasteiger partial charge in [-0.3, -0.25) is 4.79 Å². The summed E-state index contributed by atoms with van der Waals surface area (Å²) in [6.07, 6.45) is 0.446. The zero-order chi connectivity index (χ0) is 12.5. The number of aromatic hydroxyl groups is 1. The summed E-state index contributed by atoms with van der Waals surface area (Å²) in [5.41, 5.74) is 3.06. The maximum atomic E-state index is 11.7. The molecular formula is C15H13NO2. The number of anilines is 1. The molecule has 3 heteroatoms. The Morgan fingerprint density at radius 2 is 1.78 bits per heavy atom. The molecule has 0 aliphatic carbocycles. The Hall–Kier alpha value is -2.29. The van der Waals surface area contributed by atoms with Gasteiger partial charge in [0.25, 0.3) is 0 Å². The van der Waals surface area contributed by atoms with Gasteiger partial charge in [0, 0.05) is 18.0 Å². The fourth-order valence-corrected chi connectivity index (χ4v) is 2.42. The number of phenolic OH excluding ortho intramolecular Hbond substituents is 1. The van der Waals surface area contributed by atoms with E-state index in [1.54, 1.807) is 12.1 Å². The van der Waals surface area contributed by atoms with Crippen molar-refractivity contribution in [1.82, 2.24) is 0 Å². The van der Waals surface area contributed by atoms with Crippen LogP contribution in [-0.4, -0.2) is 11.0 Å². The van der Waals surface area contributed by atoms with E-state index < -0.39 is 0 Å². The van der Waals surface area contributed by atoms with Crippen molar-refractivity contribution in [2.24, 2.45) is 0 Å². The van der Waals surface area contributed by atoms with Crippen LogP contribution in [-0.2, 0) is 4.79 Å². The first-order chi connectivity index (χ1) is 8.74. The third-order valence-electron chi connectivity index (χ3n) is 3.30. The van der Waals surface area contributed by atoms with Crippen LogP contribution in [0, 0.1) is 0 Å². The van der Waals surface area contributed by atoms with Crippen molar-refractivity contribution in [3.05, 3.63) is 59.7 Å². The van der Waals surface area contributed by atoms with Gasteiger partial charge in [0.2, 0.25) is 5.91 Å². The molecule has 3 nitrogen and oxygen atoms in total. The molecule has 18 heavy (non-hydrogen) atoms. The van der Waals surface area contributed by atoms with Crippen LogP contribution in [0.2, 0.25) is 0 Å². The van der Waals surface area contributed by atoms with Gasteiger partial charge in [0.1, 0.15) is 5.75 Å². The molecule has 0 saturated carbocycles. The lowest BCUT2D eigenvalue weighted by Crippen LogP contribution is -2.23. The number of carbonyl (C=O) groups is 1. The normalized spacial score (nSPS) is 18.0. The van der Waals surface area contributed by atoms with Crippen LogP contribution in [0.1, 0.15) is 23.5 Å². The summed E-state index contributed by atoms with van der Waals surface area (Å²) in [6, 6.07) is 14.9. The predicted molar refractivity (Wildman–Crippen MR) is 69.6 cm³/mol. The molecule has 0 bridgehead atoms. The number of phenols is 1. The molecule has 0 radical (unpaired) electrons. The van der Waals surface area contributed by atoms with Crippen molar-refractivity contribution in [2.75, 3.05) is 5.32 Å². The average molecular weight is 239 g/mol. The molecule has 2 aromatic carbocycles. The van der Waals surface area contributed by atoms with E-state index in [2.05, 4.69) is 5.32 Å². The molecule has 0 fully saturated rings. The van der Waals surface area contributed by atoms with Crippen molar-refractivity contribution in [1.29, 1.82) is 0 Å². The van der Waals surface area contributed by atoms with E-state index in [4.69, 9.17) is 0 Å². The van der Waals surface area contributed by atoms with Crippen molar-refractivity contribution in [3.63, 3.8) is 0 Å². The van der Waals surface area contributed by atoms with Crippen LogP contribution in [0.15, 0.2) is 48.5 Å². The van der Waals surface area contributed by atoms with Crippen LogP contribution in [0.4, 0.5) is 5.69 Å². The van der Waals surface area contributed by atoms with Crippen LogP contribution < -0.4 is 5.32 Å². The lowest BCUT2D eigenvalue weighted by Gasteiger charge is -2.25. The third kappa shape index (κ3) is 1.84. The van der Waals surface area contributed by atoms with Gasteiger partial charge in [-0.15, -0.1) is 0 Å². The first-order valence-corrected chi connectivity index (χ1v) is 5.92. The van der Waals surface area contributed by atoms with Crippen molar-refractivity contribution in [3.8, 4) is 5.75 Å². The van der Waals surface area contributed by atoms with E-state index >= 15 is 0 Å². The highest BCUT2D eigenvalue weighted by molar-refractivity contribution is 5.95. The molecule has 1 amide bonds. The highest BCUT2D eigenvalue weighted by Gasteiger charge is 2.25. The van der Waals surface area contributed by atoms with E-state index in [0.717, 1.165) is 16.8 Å². The number of hydrogen-bond donors (Lipinski definition) is 2. The summed E-state index contributed by atoms with van der Waals surface area (Å²) < 4.78 is 0. The second-order valence-corrected chi connectivity index (χ2v) is 4.48. The van der Waals surface area contributed by atoms with Gasteiger partial charge in [-0.1, -0.05) is 30.3 Å². The van der Waals surface area contributed by atoms with E-state index in [1.165, 1.54) is 0 Å². The van der Waals surface area contributed by atoms with Gasteiger partial charge in [0.05, 0.1) is 0 Å². The van der Waals surface area contributed by atoms with E-state index in [9.17, 15) is 9.90 Å². The van der Waals surface area contributed by atoms with Gasteiger partial charge < -0.3 is 10.4 Å². The summed E-state index contributed by atoms with van der Waals surface area (Å²) in [5, 5.41) is 12.2. The van der Waals surface area contributed by atoms with Gasteiger partial charge in [-0.25, -0.2) is 0 Å². The summed E-state index contributed by atoms with van der Waals surface area (Å²) in [7, 11) is 0. The number of amides is 1. The molecule has 1 heterocycles. The zero-order valence-electron chi connectivity index (χ0n) is 9.76. The first-order valence-electron chi connectivity index (χ1n) is 5.92. The van der Waals surface area contributed by atoms with E-state index in [-0.39, 0.29) is 17.6 Å². The molecule has 1 aliphatic heterocycles. The van der Waals surface area contributed by atoms with Crippen LogP contribution in [0.3, 0.4) is 0 Å². The first kappa shape index (κ1) is 10.8. The minimum absolute atomic E-state index is 0.0341. The second-order valence-electron chi connectivity index (χ2n) is 4.48. The van der Waals surface area contributed by atoms with Crippen LogP contribution in [0.5, 0.6) is 5.75 Å². The Kier molecular flexibility index (Phi) is 2.52. The van der Waals surface area contributed by atoms with E-state index in [1.807, 2.05) is 36.4 Å². The topological polar surface area (TPSA) is 49.3 Å². The van der Waals surface area contributed by atoms with Gasteiger partial charge in [-0.2, -0.15) is 0 Å². The zero-order valence-corrected chi connectivity index (χ0v) is 9.76. The molecule has 2 aromatic rings. The molecule has 0 spiro atoms. The third-order valence-corrected chi connectivity index (χ3v) is 3.30. The number of hydrogen-bond acceptors (Lipinski definition) is 2. The monoisotopic (exact) mass is 239 g/mol. The molecule has 90 valence electrons. The van der Waals surface area contributed by atoms with Gasteiger partial charge >= 0.3 is 0 Å². The van der Waals surface area contributed by atoms with Crippen molar-refractivity contribution < 1.29 is 9.90 Å². The van der Waals surface area contributed by atoms with Crippen LogP contribution in [0.25, 0.3) is 0 Å². The molecule has 1 aliphatic rings. The van der Waals surface area contributed by atoms with Crippen LogP contribution >= 0.6 is 0 Å². The minimum atomic E-state index is 0.0341. The largest absolute Gasteiger partial charge is 0.508 e. The second kappa shape index (κ2) is 4.18. The van der Waals surface area contributed by atoms with Crippen molar-refractivity contribution >= 4 is 11.6 Å². The van der Waals surface area contributed by atoms with Gasteiger partial charge in [-0.05, 0) is 29.3 Å². The lowest BCUT2D eigenvalue weighted by atomic mass is 9.85. The number of benzene rings is 2. The SMILES string of the molecule is O=C1CC(c2ccc(O)cc2)c2ccccc2N1. The standard InChI is InChI=1S/C15H13NO2/c17-11-7-5-10(6-8-11)13-9-15(18)16-14-4-2-1-3-12(13)14/h1-8,13,17H,9H2,(H,16,18). The maximum absolute atomic E-state index is 11.7. The maximum Gasteiger partial charge on any atom is 0.225 e. The summed E-state index contributed by atoms with van der Waals surface area (Å²) in [6.45, 7) is 0. The summed E-state index contributed by atoms with van der Waals surface area (Å²) in [5.74, 6) is 0.342. The predicted octanol–water partition coefficient (Wildman–Crippen LogP) is 2.87. The minimum Gasteiger partial charge on any atom is -0.508 e. The molecule has 3 rings (SSSR count). The summed E-state index contributed by atoms with van der Waals surface area (Å²) in [4.78, 5) is 11.7. The average Bonchev–Trinajstić information content (AvgIpc) is 2.38. The Bertz CT molecular complexity index is 590. The molecular weight excluding hydrogens is 226 g/mol. The lowest BCUT2D eigenvalue weighted by molar-refractivity contribution is -0.116. The molecule has 0 saturated heterocycles. The molecule has 1 unspecified atom stereocenters. The molecule has 2 N–H and O–H groups in total. The number of rotatable bonds is 1. The fourth-order valence-electron chi connectivity index (χ4n) is 2.42. The summed E-state index contributed by atoms with van der Waals surface area (Å²) >= 11 is 0. The van der Waals surface area contributed by atoms with E-state index in [0.29, 0.717) is 6.42 Å². The quantitative estimate of drug-likeness (QED) is 0.804. The Labute approximate surface area is 105 Å². The Morgan fingerprint density at radius 1 is 1.06 bits per heavy atom. The molecule has 1 atom stereocenters. The number of nitrogens with one attached hydrogen (secondary N) is 1. The van der Waals surface area contributed by atoms with Gasteiger partial charge in [0.15, 0.2) is 0 Å². The Balaban J connectivity index is 2.07. The molecule has 0 aromatic heterocycles. The smallest absolute Gasteiger partial charge is 0.225 e. The highest BCUT2D eigenvalue weighted by atomic mass is 16.3. The number of fused-ring (bicyclic) bond motifs is 1. The van der Waals surface area contributed by atoms with Crippen molar-refractivity contribution in [2.45, 2.75) is 12.3 Å². The fraction of sp³-hybridized carbons (Fsp3) is 0.133. The highest BCUT2D eigenvalue weighted by Crippen LogP contribution is 2.37. The number of para-hydroxylation sites is 1. The number of carbonyl (C=O) groups excluding carboxylic acids is 1.